The molecule has 1 aliphatic carbocycles. The Morgan fingerprint density at radius 3 is 2.46 bits per heavy atom. The summed E-state index contributed by atoms with van der Waals surface area (Å²) in [5.41, 5.74) is 3.54. The summed E-state index contributed by atoms with van der Waals surface area (Å²) in [5, 5.41) is 7.19. The van der Waals surface area contributed by atoms with Crippen LogP contribution in [0.15, 0.2) is 23.0 Å². The first-order chi connectivity index (χ1) is 11.6. The van der Waals surface area contributed by atoms with Gasteiger partial charge in [0.1, 0.15) is 5.69 Å². The van der Waals surface area contributed by atoms with E-state index in [0.717, 1.165) is 29.9 Å². The van der Waals surface area contributed by atoms with Gasteiger partial charge in [0.15, 0.2) is 5.43 Å². The second kappa shape index (κ2) is 5.92. The first-order valence-corrected chi connectivity index (χ1v) is 8.65. The van der Waals surface area contributed by atoms with Crippen LogP contribution in [0.3, 0.4) is 0 Å². The lowest BCUT2D eigenvalue weighted by Gasteiger charge is -2.31. The molecule has 0 atom stereocenters. The molecule has 6 heteroatoms. The molecule has 1 aliphatic heterocycles. The summed E-state index contributed by atoms with van der Waals surface area (Å²) in [5.74, 6) is 0.889. The molecule has 126 valence electrons. The molecule has 3 heterocycles. The van der Waals surface area contributed by atoms with Crippen LogP contribution >= 0.6 is 0 Å². The van der Waals surface area contributed by atoms with E-state index >= 15 is 0 Å². The number of carbonyl (C=O) groups excluding carboxylic acids is 1. The van der Waals surface area contributed by atoms with Crippen LogP contribution in [0.4, 0.5) is 0 Å². The van der Waals surface area contributed by atoms with Gasteiger partial charge in [0.05, 0.1) is 0 Å². The maximum Gasteiger partial charge on any atom is 0.274 e. The van der Waals surface area contributed by atoms with Gasteiger partial charge in [0, 0.05) is 54.1 Å². The quantitative estimate of drug-likeness (QED) is 0.908. The number of rotatable bonds is 3. The molecule has 4 rings (SSSR count). The van der Waals surface area contributed by atoms with Crippen LogP contribution in [0.2, 0.25) is 0 Å². The average Bonchev–Trinajstić information content (AvgIpc) is 3.31. The molecule has 2 aromatic heterocycles. The van der Waals surface area contributed by atoms with E-state index in [4.69, 9.17) is 0 Å². The van der Waals surface area contributed by atoms with Crippen molar-refractivity contribution in [3.05, 3.63) is 51.2 Å². The van der Waals surface area contributed by atoms with E-state index in [1.54, 1.807) is 12.1 Å². The number of carbonyl (C=O) groups is 1. The highest BCUT2D eigenvalue weighted by Gasteiger charge is 2.29. The second-order valence-corrected chi connectivity index (χ2v) is 7.00. The number of H-pyrrole nitrogens is 2. The Balaban J connectivity index is 1.41. The topological polar surface area (TPSA) is 81.8 Å². The monoisotopic (exact) mass is 326 g/mol. The summed E-state index contributed by atoms with van der Waals surface area (Å²) in [6.45, 7) is 3.30. The van der Waals surface area contributed by atoms with Crippen LogP contribution < -0.4 is 5.43 Å². The van der Waals surface area contributed by atoms with Crippen molar-refractivity contribution in [3.63, 3.8) is 0 Å². The smallest absolute Gasteiger partial charge is 0.274 e. The number of aryl methyl sites for hydroxylation is 1. The van der Waals surface area contributed by atoms with Crippen molar-refractivity contribution in [2.75, 3.05) is 13.1 Å². The third-order valence-corrected chi connectivity index (χ3v) is 5.05. The van der Waals surface area contributed by atoms with Gasteiger partial charge in [-0.3, -0.25) is 14.7 Å². The second-order valence-electron chi connectivity index (χ2n) is 7.00. The first-order valence-electron chi connectivity index (χ1n) is 8.65. The molecular formula is C18H22N4O2. The van der Waals surface area contributed by atoms with Gasteiger partial charge in [-0.15, -0.1) is 0 Å². The van der Waals surface area contributed by atoms with Crippen molar-refractivity contribution in [2.24, 2.45) is 0 Å². The molecule has 0 bridgehead atoms. The number of nitrogens with zero attached hydrogens (tertiary/aromatic N) is 2. The van der Waals surface area contributed by atoms with Crippen LogP contribution in [-0.2, 0) is 0 Å². The SMILES string of the molecule is Cc1cc(=O)cc(C2CCN(C(=O)c3cc(C4CC4)[nH]n3)CC2)[nH]1. The molecule has 6 nitrogen and oxygen atoms in total. The van der Waals surface area contributed by atoms with Crippen molar-refractivity contribution < 1.29 is 4.79 Å². The Labute approximate surface area is 140 Å². The normalized spacial score (nSPS) is 18.8. The van der Waals surface area contributed by atoms with Crippen LogP contribution in [-0.4, -0.2) is 39.1 Å². The predicted octanol–water partition coefficient (Wildman–Crippen LogP) is 2.30. The van der Waals surface area contributed by atoms with E-state index in [1.165, 1.54) is 12.8 Å². The summed E-state index contributed by atoms with van der Waals surface area (Å²) in [6.07, 6.45) is 4.11. The summed E-state index contributed by atoms with van der Waals surface area (Å²) < 4.78 is 0. The molecule has 1 amide bonds. The fourth-order valence-electron chi connectivity index (χ4n) is 3.53. The summed E-state index contributed by atoms with van der Waals surface area (Å²) in [6, 6.07) is 5.20. The standard InChI is InChI=1S/C18H22N4O2/c1-11-8-14(23)9-15(19-11)13-4-6-22(7-5-13)18(24)17-10-16(20-21-17)12-2-3-12/h8-10,12-13H,2-7H2,1H3,(H,19,23)(H,20,21). The number of hydrogen-bond acceptors (Lipinski definition) is 3. The lowest BCUT2D eigenvalue weighted by molar-refractivity contribution is 0.0706. The molecule has 2 aliphatic rings. The summed E-state index contributed by atoms with van der Waals surface area (Å²) in [7, 11) is 0. The summed E-state index contributed by atoms with van der Waals surface area (Å²) >= 11 is 0. The van der Waals surface area contributed by atoms with E-state index in [2.05, 4.69) is 15.2 Å². The van der Waals surface area contributed by atoms with Gasteiger partial charge < -0.3 is 9.88 Å². The zero-order valence-electron chi connectivity index (χ0n) is 13.8. The van der Waals surface area contributed by atoms with Crippen molar-refractivity contribution in [1.29, 1.82) is 0 Å². The van der Waals surface area contributed by atoms with Gasteiger partial charge in [-0.2, -0.15) is 5.10 Å². The van der Waals surface area contributed by atoms with Crippen molar-refractivity contribution >= 4 is 5.91 Å². The Kier molecular flexibility index (Phi) is 3.75. The number of aromatic nitrogens is 3. The Morgan fingerprint density at radius 1 is 1.08 bits per heavy atom. The zero-order chi connectivity index (χ0) is 16.7. The summed E-state index contributed by atoms with van der Waals surface area (Å²) in [4.78, 5) is 29.4. The van der Waals surface area contributed by atoms with Gasteiger partial charge >= 0.3 is 0 Å². The number of amides is 1. The van der Waals surface area contributed by atoms with Crippen molar-refractivity contribution in [2.45, 2.75) is 44.4 Å². The molecular weight excluding hydrogens is 304 g/mol. The van der Waals surface area contributed by atoms with E-state index in [-0.39, 0.29) is 11.3 Å². The molecule has 0 spiro atoms. The van der Waals surface area contributed by atoms with Gasteiger partial charge in [0.2, 0.25) is 0 Å². The average molecular weight is 326 g/mol. The molecule has 0 unspecified atom stereocenters. The largest absolute Gasteiger partial charge is 0.362 e. The van der Waals surface area contributed by atoms with E-state index < -0.39 is 0 Å². The molecule has 1 saturated heterocycles. The highest BCUT2D eigenvalue weighted by Crippen LogP contribution is 2.39. The fourth-order valence-corrected chi connectivity index (χ4v) is 3.53. The predicted molar refractivity (Wildman–Crippen MR) is 90.2 cm³/mol. The van der Waals surface area contributed by atoms with Crippen molar-refractivity contribution in [3.8, 4) is 0 Å². The minimum atomic E-state index is 0.00864. The lowest BCUT2D eigenvalue weighted by atomic mass is 9.92. The van der Waals surface area contributed by atoms with E-state index in [0.29, 0.717) is 30.6 Å². The maximum absolute atomic E-state index is 12.6. The number of piperidine rings is 1. The molecule has 0 aromatic carbocycles. The van der Waals surface area contributed by atoms with E-state index in [9.17, 15) is 9.59 Å². The number of aromatic amines is 2. The first kappa shape index (κ1) is 15.2. The minimum absolute atomic E-state index is 0.00864. The van der Waals surface area contributed by atoms with Gasteiger partial charge in [-0.05, 0) is 38.7 Å². The molecule has 0 radical (unpaired) electrons. The third kappa shape index (κ3) is 3.00. The van der Waals surface area contributed by atoms with Crippen LogP contribution in [0.1, 0.15) is 65.1 Å². The van der Waals surface area contributed by atoms with E-state index in [1.807, 2.05) is 17.9 Å². The number of hydrogen-bond donors (Lipinski definition) is 2. The zero-order valence-corrected chi connectivity index (χ0v) is 13.8. The van der Waals surface area contributed by atoms with Gasteiger partial charge in [-0.25, -0.2) is 0 Å². The molecule has 1 saturated carbocycles. The van der Waals surface area contributed by atoms with Gasteiger partial charge in [0.25, 0.3) is 5.91 Å². The molecule has 2 N–H and O–H groups in total. The minimum Gasteiger partial charge on any atom is -0.362 e. The number of pyridine rings is 1. The maximum atomic E-state index is 12.6. The highest BCUT2D eigenvalue weighted by molar-refractivity contribution is 5.92. The Bertz CT molecular complexity index is 810. The Hall–Kier alpha value is -2.37. The van der Waals surface area contributed by atoms with Crippen LogP contribution in [0.5, 0.6) is 0 Å². The fraction of sp³-hybridized carbons (Fsp3) is 0.500. The Morgan fingerprint density at radius 2 is 1.79 bits per heavy atom. The molecule has 2 aromatic rings. The number of likely N-dealkylation sites (tertiary alicyclic amines) is 1. The third-order valence-electron chi connectivity index (χ3n) is 5.05. The number of nitrogens with one attached hydrogen (secondary N) is 2. The van der Waals surface area contributed by atoms with Crippen molar-refractivity contribution in [1.82, 2.24) is 20.1 Å². The van der Waals surface area contributed by atoms with Crippen LogP contribution in [0, 0.1) is 6.92 Å². The van der Waals surface area contributed by atoms with Gasteiger partial charge in [-0.1, -0.05) is 0 Å². The molecule has 24 heavy (non-hydrogen) atoms. The molecule has 2 fully saturated rings. The van der Waals surface area contributed by atoms with Crippen LogP contribution in [0.25, 0.3) is 0 Å². The lowest BCUT2D eigenvalue weighted by Crippen LogP contribution is -2.38. The highest BCUT2D eigenvalue weighted by atomic mass is 16.2.